The Morgan fingerprint density at radius 3 is 2.23 bits per heavy atom. The Balaban J connectivity index is 0.00000625. The maximum Gasteiger partial charge on any atom is 0.251 e. The monoisotopic (exact) mass is 475 g/mol. The van der Waals surface area contributed by atoms with Gasteiger partial charge in [-0.15, -0.1) is 24.0 Å². The molecule has 0 saturated heterocycles. The summed E-state index contributed by atoms with van der Waals surface area (Å²) in [7, 11) is 0. The van der Waals surface area contributed by atoms with Crippen LogP contribution in [-0.2, 0) is 11.3 Å². The van der Waals surface area contributed by atoms with Crippen molar-refractivity contribution in [3.8, 4) is 0 Å². The van der Waals surface area contributed by atoms with Crippen LogP contribution < -0.4 is 21.7 Å². The van der Waals surface area contributed by atoms with Gasteiger partial charge in [0, 0.05) is 18.2 Å². The number of nitrogens with one attached hydrogen (secondary N) is 3. The largest absolute Gasteiger partial charge is 0.368 e. The second kappa shape index (κ2) is 12.5. The van der Waals surface area contributed by atoms with Gasteiger partial charge in [0.2, 0.25) is 5.91 Å². The summed E-state index contributed by atoms with van der Waals surface area (Å²) in [5.41, 5.74) is 6.47. The maximum atomic E-state index is 11.8. The van der Waals surface area contributed by atoms with E-state index in [0.29, 0.717) is 24.1 Å². The van der Waals surface area contributed by atoms with Crippen LogP contribution in [0, 0.1) is 5.92 Å². The summed E-state index contributed by atoms with van der Waals surface area (Å²) in [6.07, 6.45) is 0. The predicted octanol–water partition coefficient (Wildman–Crippen LogP) is 1.62. The number of nitrogens with two attached hydrogens (primary N) is 1. The summed E-state index contributed by atoms with van der Waals surface area (Å²) < 4.78 is 0. The number of rotatable bonds is 8. The Labute approximate surface area is 172 Å². The average Bonchev–Trinajstić information content (AvgIpc) is 2.58. The lowest BCUT2D eigenvalue weighted by Gasteiger charge is -2.20. The van der Waals surface area contributed by atoms with Gasteiger partial charge in [-0.2, -0.15) is 0 Å². The van der Waals surface area contributed by atoms with Crippen LogP contribution in [0.2, 0.25) is 0 Å². The Morgan fingerprint density at radius 2 is 1.73 bits per heavy atom. The number of primary amides is 1. The summed E-state index contributed by atoms with van der Waals surface area (Å²) in [6.45, 7) is 9.58. The van der Waals surface area contributed by atoms with Crippen molar-refractivity contribution in [2.24, 2.45) is 16.6 Å². The molecule has 1 atom stereocenters. The van der Waals surface area contributed by atoms with E-state index in [2.05, 4.69) is 41.7 Å². The van der Waals surface area contributed by atoms with E-state index in [1.165, 1.54) is 0 Å². The molecule has 7 nitrogen and oxygen atoms in total. The lowest BCUT2D eigenvalue weighted by molar-refractivity contribution is -0.117. The number of carbonyl (C=O) groups excluding carboxylic acids is 2. The number of nitrogens with zero attached hydrogens (tertiary/aromatic N) is 1. The van der Waals surface area contributed by atoms with Gasteiger partial charge in [0.25, 0.3) is 5.91 Å². The van der Waals surface area contributed by atoms with E-state index >= 15 is 0 Å². The fraction of sp³-hybridized carbons (Fsp3) is 0.500. The van der Waals surface area contributed by atoms with Gasteiger partial charge >= 0.3 is 0 Å². The molecule has 0 radical (unpaired) electrons. The minimum atomic E-state index is -0.571. The average molecular weight is 475 g/mol. The van der Waals surface area contributed by atoms with Crippen LogP contribution in [0.3, 0.4) is 0 Å². The quantitative estimate of drug-likeness (QED) is 0.260. The third kappa shape index (κ3) is 9.02. The van der Waals surface area contributed by atoms with Crippen LogP contribution in [0.5, 0.6) is 0 Å². The van der Waals surface area contributed by atoms with E-state index in [4.69, 9.17) is 5.73 Å². The van der Waals surface area contributed by atoms with Gasteiger partial charge in [0.1, 0.15) is 0 Å². The third-order valence-electron chi connectivity index (χ3n) is 3.77. The van der Waals surface area contributed by atoms with Gasteiger partial charge < -0.3 is 21.7 Å². The highest BCUT2D eigenvalue weighted by Gasteiger charge is 2.09. The zero-order valence-electron chi connectivity index (χ0n) is 15.8. The molecule has 5 N–H and O–H groups in total. The molecule has 1 aromatic rings. The summed E-state index contributed by atoms with van der Waals surface area (Å²) in [6, 6.07) is 7.42. The van der Waals surface area contributed by atoms with Gasteiger partial charge in [-0.3, -0.25) is 9.59 Å². The van der Waals surface area contributed by atoms with Crippen molar-refractivity contribution in [3.63, 3.8) is 0 Å². The minimum Gasteiger partial charge on any atom is -0.368 e. The molecule has 146 valence electrons. The number of carbonyl (C=O) groups is 2. The molecule has 2 amide bonds. The first-order valence-corrected chi connectivity index (χ1v) is 8.53. The second-order valence-electron chi connectivity index (χ2n) is 6.22. The number of amides is 2. The smallest absolute Gasteiger partial charge is 0.251 e. The maximum absolute atomic E-state index is 11.8. The van der Waals surface area contributed by atoms with Crippen molar-refractivity contribution in [2.75, 3.05) is 13.1 Å². The van der Waals surface area contributed by atoms with Gasteiger partial charge in [0.05, 0.1) is 13.1 Å². The number of hydrogen-bond acceptors (Lipinski definition) is 3. The fourth-order valence-electron chi connectivity index (χ4n) is 1.90. The Kier molecular flexibility index (Phi) is 11.6. The standard InChI is InChI=1S/C18H29N5O2.HI/c1-5-20-18(23-13(4)12(2)3)22-10-14-6-8-15(9-7-14)17(25)21-11-16(19)24;/h6-9,12-13H,5,10-11H2,1-4H3,(H2,19,24)(H,21,25)(H2,20,22,23);1H. The molecule has 1 rings (SSSR count). The molecule has 0 aliphatic carbocycles. The van der Waals surface area contributed by atoms with E-state index in [1.807, 2.05) is 19.1 Å². The molecule has 0 aliphatic heterocycles. The van der Waals surface area contributed by atoms with Crippen molar-refractivity contribution in [2.45, 2.75) is 40.3 Å². The Hall–Kier alpha value is -1.84. The normalized spacial score (nSPS) is 12.1. The van der Waals surface area contributed by atoms with Crippen LogP contribution in [0.4, 0.5) is 0 Å². The fourth-order valence-corrected chi connectivity index (χ4v) is 1.90. The molecule has 0 fully saturated rings. The van der Waals surface area contributed by atoms with Crippen LogP contribution in [0.25, 0.3) is 0 Å². The molecule has 0 heterocycles. The number of halogens is 1. The molecule has 26 heavy (non-hydrogen) atoms. The predicted molar refractivity (Wildman–Crippen MR) is 116 cm³/mol. The highest BCUT2D eigenvalue weighted by atomic mass is 127. The first-order chi connectivity index (χ1) is 11.8. The van der Waals surface area contributed by atoms with Crippen molar-refractivity contribution in [1.29, 1.82) is 0 Å². The molecule has 8 heteroatoms. The third-order valence-corrected chi connectivity index (χ3v) is 3.77. The lowest BCUT2D eigenvalue weighted by Crippen LogP contribution is -2.44. The summed E-state index contributed by atoms with van der Waals surface area (Å²) >= 11 is 0. The summed E-state index contributed by atoms with van der Waals surface area (Å²) in [5.74, 6) is 0.377. The second-order valence-corrected chi connectivity index (χ2v) is 6.22. The van der Waals surface area contributed by atoms with Crippen LogP contribution in [0.1, 0.15) is 43.6 Å². The molecule has 0 spiro atoms. The Bertz CT molecular complexity index is 602. The summed E-state index contributed by atoms with van der Waals surface area (Å²) in [4.78, 5) is 27.1. The first kappa shape index (κ1) is 24.2. The van der Waals surface area contributed by atoms with E-state index in [0.717, 1.165) is 18.1 Å². The molecule has 0 saturated carbocycles. The molecular weight excluding hydrogens is 445 g/mol. The first-order valence-electron chi connectivity index (χ1n) is 8.53. The van der Waals surface area contributed by atoms with Crippen LogP contribution >= 0.6 is 24.0 Å². The molecule has 1 unspecified atom stereocenters. The number of hydrogen-bond donors (Lipinski definition) is 4. The van der Waals surface area contributed by atoms with Crippen molar-refractivity contribution < 1.29 is 9.59 Å². The molecule has 0 bridgehead atoms. The molecule has 0 aliphatic rings. The highest BCUT2D eigenvalue weighted by Crippen LogP contribution is 2.06. The Morgan fingerprint density at radius 1 is 1.12 bits per heavy atom. The zero-order chi connectivity index (χ0) is 18.8. The minimum absolute atomic E-state index is 0. The van der Waals surface area contributed by atoms with E-state index in [9.17, 15) is 9.59 Å². The van der Waals surface area contributed by atoms with Crippen molar-refractivity contribution in [1.82, 2.24) is 16.0 Å². The number of guanidine groups is 1. The van der Waals surface area contributed by atoms with Crippen molar-refractivity contribution in [3.05, 3.63) is 35.4 Å². The number of benzene rings is 1. The van der Waals surface area contributed by atoms with E-state index < -0.39 is 5.91 Å². The molecular formula is C18H30IN5O2. The SMILES string of the molecule is CCNC(=NCc1ccc(C(=O)NCC(N)=O)cc1)NC(C)C(C)C.I. The van der Waals surface area contributed by atoms with Crippen molar-refractivity contribution >= 4 is 41.8 Å². The van der Waals surface area contributed by atoms with E-state index in [-0.39, 0.29) is 36.4 Å². The molecule has 1 aromatic carbocycles. The van der Waals surface area contributed by atoms with Gasteiger partial charge in [-0.05, 0) is 37.5 Å². The van der Waals surface area contributed by atoms with Gasteiger partial charge in [-0.25, -0.2) is 4.99 Å². The van der Waals surface area contributed by atoms with Gasteiger partial charge in [0.15, 0.2) is 5.96 Å². The highest BCUT2D eigenvalue weighted by molar-refractivity contribution is 14.0. The lowest BCUT2D eigenvalue weighted by atomic mass is 10.1. The van der Waals surface area contributed by atoms with E-state index in [1.54, 1.807) is 12.1 Å². The van der Waals surface area contributed by atoms with Crippen LogP contribution in [0.15, 0.2) is 29.3 Å². The number of aliphatic imine (C=N–C) groups is 1. The zero-order valence-corrected chi connectivity index (χ0v) is 18.2. The summed E-state index contributed by atoms with van der Waals surface area (Å²) in [5, 5.41) is 9.06. The topological polar surface area (TPSA) is 109 Å². The van der Waals surface area contributed by atoms with Gasteiger partial charge in [-0.1, -0.05) is 26.0 Å². The molecule has 0 aromatic heterocycles. The van der Waals surface area contributed by atoms with Crippen LogP contribution in [-0.4, -0.2) is 36.9 Å².